The van der Waals surface area contributed by atoms with Crippen LogP contribution in [0.5, 0.6) is 0 Å². The second kappa shape index (κ2) is 9.78. The van der Waals surface area contributed by atoms with Gasteiger partial charge < -0.3 is 10.1 Å². The van der Waals surface area contributed by atoms with Crippen LogP contribution >= 0.6 is 15.9 Å². The highest BCUT2D eigenvalue weighted by Crippen LogP contribution is 2.24. The number of ether oxygens (including phenoxy) is 1. The molecule has 0 spiro atoms. The molecule has 0 aromatic rings. The highest BCUT2D eigenvalue weighted by molar-refractivity contribution is 9.11. The lowest BCUT2D eigenvalue weighted by molar-refractivity contribution is -0.130. The monoisotopic (exact) mass is 425 g/mol. The van der Waals surface area contributed by atoms with E-state index in [4.69, 9.17) is 4.74 Å². The quantitative estimate of drug-likeness (QED) is 0.574. The van der Waals surface area contributed by atoms with E-state index in [2.05, 4.69) is 26.2 Å². The normalized spacial score (nSPS) is 19.4. The van der Waals surface area contributed by atoms with Gasteiger partial charge in [0.15, 0.2) is 0 Å². The number of rotatable bonds is 9. The van der Waals surface area contributed by atoms with Crippen molar-refractivity contribution in [1.29, 1.82) is 0 Å². The third-order valence-corrected chi connectivity index (χ3v) is 4.45. The smallest absolute Gasteiger partial charge is 0.350 e. The summed E-state index contributed by atoms with van der Waals surface area (Å²) in [6, 6.07) is -0.566. The minimum absolute atomic E-state index is 0.0983. The molecular weight excluding hydrogens is 402 g/mol. The van der Waals surface area contributed by atoms with Gasteiger partial charge in [0.2, 0.25) is 11.8 Å². The van der Waals surface area contributed by atoms with Crippen LogP contribution in [-0.4, -0.2) is 54.3 Å². The molecule has 0 aromatic heterocycles. The van der Waals surface area contributed by atoms with Gasteiger partial charge in [0.1, 0.15) is 5.92 Å². The highest BCUT2D eigenvalue weighted by atomic mass is 79.9. The van der Waals surface area contributed by atoms with Crippen molar-refractivity contribution in [3.63, 3.8) is 0 Å². The number of imide groups is 1. The molecular formula is C18H24BrN3O4. The molecule has 7 nitrogen and oxygen atoms in total. The lowest BCUT2D eigenvalue weighted by Crippen LogP contribution is -2.46. The van der Waals surface area contributed by atoms with E-state index in [-0.39, 0.29) is 30.9 Å². The van der Waals surface area contributed by atoms with Crippen molar-refractivity contribution in [3.05, 3.63) is 22.7 Å². The van der Waals surface area contributed by atoms with Gasteiger partial charge in [-0.25, -0.2) is 4.79 Å². The fourth-order valence-corrected chi connectivity index (χ4v) is 3.01. The molecule has 26 heavy (non-hydrogen) atoms. The number of nitrogens with zero attached hydrogens (tertiary/aromatic N) is 2. The van der Waals surface area contributed by atoms with Crippen LogP contribution in [0.3, 0.4) is 0 Å². The third kappa shape index (κ3) is 5.88. The Balaban J connectivity index is 1.73. The Kier molecular flexibility index (Phi) is 7.71. The van der Waals surface area contributed by atoms with Gasteiger partial charge in [-0.15, -0.1) is 0 Å². The van der Waals surface area contributed by atoms with Crippen molar-refractivity contribution >= 4 is 39.5 Å². The molecule has 0 saturated carbocycles. The van der Waals surface area contributed by atoms with E-state index in [0.717, 1.165) is 15.8 Å². The molecule has 1 aliphatic carbocycles. The summed E-state index contributed by atoms with van der Waals surface area (Å²) in [4.78, 5) is 41.5. The maximum Gasteiger partial charge on any atom is 0.350 e. The molecule has 4 amide bonds. The second-order valence-electron chi connectivity index (χ2n) is 6.40. The van der Waals surface area contributed by atoms with Crippen LogP contribution in [0.25, 0.3) is 0 Å². The first-order valence-electron chi connectivity index (χ1n) is 8.76. The van der Waals surface area contributed by atoms with Crippen molar-refractivity contribution in [2.75, 3.05) is 19.7 Å². The SMILES string of the molecule is CC(C)OCCCNC(=O)CCCN1C(=O)N=C2C=CC(Br)=CC2C1=O. The molecule has 142 valence electrons. The summed E-state index contributed by atoms with van der Waals surface area (Å²) >= 11 is 3.33. The van der Waals surface area contributed by atoms with E-state index in [1.54, 1.807) is 18.2 Å². The first kappa shape index (κ1) is 20.5. The molecule has 1 heterocycles. The van der Waals surface area contributed by atoms with E-state index < -0.39 is 11.9 Å². The van der Waals surface area contributed by atoms with Crippen LogP contribution in [0, 0.1) is 5.92 Å². The summed E-state index contributed by atoms with van der Waals surface area (Å²) in [7, 11) is 0. The summed E-state index contributed by atoms with van der Waals surface area (Å²) in [6.07, 6.45) is 6.74. The summed E-state index contributed by atoms with van der Waals surface area (Å²) in [5.74, 6) is -0.937. The van der Waals surface area contributed by atoms with E-state index in [0.29, 0.717) is 25.3 Å². The minimum atomic E-state index is -0.566. The predicted molar refractivity (Wildman–Crippen MR) is 102 cm³/mol. The van der Waals surface area contributed by atoms with Crippen molar-refractivity contribution in [2.24, 2.45) is 10.9 Å². The third-order valence-electron chi connectivity index (χ3n) is 3.93. The number of hydrogen-bond donors (Lipinski definition) is 1. The van der Waals surface area contributed by atoms with Gasteiger partial charge in [0.25, 0.3) is 0 Å². The van der Waals surface area contributed by atoms with Gasteiger partial charge in [0.05, 0.1) is 11.8 Å². The Bertz CT molecular complexity index is 655. The average Bonchev–Trinajstić information content (AvgIpc) is 2.58. The van der Waals surface area contributed by atoms with Gasteiger partial charge in [-0.1, -0.05) is 22.0 Å². The van der Waals surface area contributed by atoms with E-state index in [9.17, 15) is 14.4 Å². The van der Waals surface area contributed by atoms with Crippen LogP contribution < -0.4 is 5.32 Å². The van der Waals surface area contributed by atoms with E-state index >= 15 is 0 Å². The lowest BCUT2D eigenvalue weighted by Gasteiger charge is -2.28. The largest absolute Gasteiger partial charge is 0.379 e. The van der Waals surface area contributed by atoms with Crippen molar-refractivity contribution in [1.82, 2.24) is 10.2 Å². The number of fused-ring (bicyclic) bond motifs is 1. The Hall–Kier alpha value is -1.80. The molecule has 2 aliphatic rings. The number of carbonyl (C=O) groups is 3. The zero-order valence-electron chi connectivity index (χ0n) is 15.0. The zero-order valence-corrected chi connectivity index (χ0v) is 16.6. The molecule has 1 aliphatic heterocycles. The van der Waals surface area contributed by atoms with Crippen LogP contribution in [0.15, 0.2) is 27.7 Å². The fourth-order valence-electron chi connectivity index (χ4n) is 2.62. The molecule has 1 unspecified atom stereocenters. The minimum Gasteiger partial charge on any atom is -0.379 e. The number of urea groups is 1. The second-order valence-corrected chi connectivity index (χ2v) is 7.31. The summed E-state index contributed by atoms with van der Waals surface area (Å²) in [6.45, 7) is 5.27. The number of hydrogen-bond acceptors (Lipinski definition) is 4. The number of aliphatic imine (C=N–C) groups is 1. The number of halogens is 1. The zero-order chi connectivity index (χ0) is 19.1. The number of nitrogens with one attached hydrogen (secondary N) is 1. The fraction of sp³-hybridized carbons (Fsp3) is 0.556. The van der Waals surface area contributed by atoms with Crippen molar-refractivity contribution < 1.29 is 19.1 Å². The molecule has 0 saturated heterocycles. The van der Waals surface area contributed by atoms with Crippen LogP contribution in [-0.2, 0) is 14.3 Å². The van der Waals surface area contributed by atoms with E-state index in [1.807, 2.05) is 13.8 Å². The molecule has 0 aromatic carbocycles. The van der Waals surface area contributed by atoms with Crippen LogP contribution in [0.2, 0.25) is 0 Å². The molecule has 2 rings (SSSR count). The molecule has 0 fully saturated rings. The maximum absolute atomic E-state index is 12.5. The van der Waals surface area contributed by atoms with Gasteiger partial charge in [-0.2, -0.15) is 4.99 Å². The molecule has 1 atom stereocenters. The van der Waals surface area contributed by atoms with Gasteiger partial charge in [-0.05, 0) is 38.8 Å². The van der Waals surface area contributed by atoms with Gasteiger partial charge >= 0.3 is 6.03 Å². The Morgan fingerprint density at radius 1 is 1.35 bits per heavy atom. The topological polar surface area (TPSA) is 88.1 Å². The first-order valence-corrected chi connectivity index (χ1v) is 9.55. The first-order chi connectivity index (χ1) is 12.4. The Morgan fingerprint density at radius 2 is 2.12 bits per heavy atom. The van der Waals surface area contributed by atoms with E-state index in [1.165, 1.54) is 0 Å². The number of carbonyl (C=O) groups excluding carboxylic acids is 3. The van der Waals surface area contributed by atoms with Crippen LogP contribution in [0.1, 0.15) is 33.1 Å². The predicted octanol–water partition coefficient (Wildman–Crippen LogP) is 2.57. The Morgan fingerprint density at radius 3 is 2.85 bits per heavy atom. The molecule has 0 radical (unpaired) electrons. The van der Waals surface area contributed by atoms with Crippen molar-refractivity contribution in [2.45, 2.75) is 39.2 Å². The van der Waals surface area contributed by atoms with Gasteiger partial charge in [-0.3, -0.25) is 14.5 Å². The molecule has 0 bridgehead atoms. The summed E-state index contributed by atoms with van der Waals surface area (Å²) in [5, 5.41) is 2.81. The Labute approximate surface area is 161 Å². The van der Waals surface area contributed by atoms with Crippen LogP contribution in [0.4, 0.5) is 4.79 Å². The molecule has 1 N–H and O–H groups in total. The average molecular weight is 426 g/mol. The maximum atomic E-state index is 12.5. The number of amides is 4. The molecule has 8 heteroatoms. The van der Waals surface area contributed by atoms with Gasteiger partial charge in [0, 0.05) is 30.6 Å². The van der Waals surface area contributed by atoms with Crippen molar-refractivity contribution in [3.8, 4) is 0 Å². The highest BCUT2D eigenvalue weighted by Gasteiger charge is 2.36. The number of allylic oxidation sites excluding steroid dienone is 3. The lowest BCUT2D eigenvalue weighted by atomic mass is 9.95. The summed E-state index contributed by atoms with van der Waals surface area (Å²) in [5.41, 5.74) is 0.459. The standard InChI is InChI=1S/C18H24BrN3O4/c1-12(2)26-10-4-8-20-16(23)5-3-9-22-17(24)14-11-13(19)6-7-15(14)21-18(22)25/h6-7,11-12,14H,3-5,8-10H2,1-2H3,(H,20,23). The summed E-state index contributed by atoms with van der Waals surface area (Å²) < 4.78 is 6.18.